The van der Waals surface area contributed by atoms with Crippen molar-refractivity contribution < 1.29 is 12.8 Å². The zero-order chi connectivity index (χ0) is 19.7. The highest BCUT2D eigenvalue weighted by atomic mass is 35.5. The van der Waals surface area contributed by atoms with Gasteiger partial charge in [-0.2, -0.15) is 4.31 Å². The van der Waals surface area contributed by atoms with Gasteiger partial charge in [-0.05, 0) is 42.5 Å². The third-order valence-corrected chi connectivity index (χ3v) is 7.11. The molecule has 0 amide bonds. The van der Waals surface area contributed by atoms with Crippen LogP contribution in [0.15, 0.2) is 58.0 Å². The molecule has 1 fully saturated rings. The molecule has 146 valence electrons. The van der Waals surface area contributed by atoms with E-state index in [0.29, 0.717) is 48.5 Å². The van der Waals surface area contributed by atoms with Crippen LogP contribution < -0.4 is 4.90 Å². The Hall–Kier alpha value is -2.13. The van der Waals surface area contributed by atoms with E-state index in [4.69, 9.17) is 27.6 Å². The zero-order valence-corrected chi connectivity index (χ0v) is 17.0. The molecule has 0 N–H and O–H groups in total. The first-order valence-electron chi connectivity index (χ1n) is 8.53. The predicted octanol–water partition coefficient (Wildman–Crippen LogP) is 3.55. The molecule has 0 radical (unpaired) electrons. The molecule has 7 nitrogen and oxygen atoms in total. The van der Waals surface area contributed by atoms with Crippen LogP contribution in [0.25, 0.3) is 11.5 Å². The van der Waals surface area contributed by atoms with Crippen LogP contribution in [0.4, 0.5) is 5.82 Å². The molecule has 0 spiro atoms. The third kappa shape index (κ3) is 3.73. The smallest absolute Gasteiger partial charge is 0.244 e. The number of benzene rings is 1. The molecule has 1 aliphatic rings. The van der Waals surface area contributed by atoms with E-state index in [2.05, 4.69) is 10.2 Å². The Morgan fingerprint density at radius 2 is 1.75 bits per heavy atom. The van der Waals surface area contributed by atoms with E-state index >= 15 is 0 Å². The summed E-state index contributed by atoms with van der Waals surface area (Å²) in [5.41, 5.74) is 0.644. The fourth-order valence-corrected chi connectivity index (χ4v) is 5.18. The molecule has 2 aromatic heterocycles. The van der Waals surface area contributed by atoms with Crippen LogP contribution >= 0.6 is 23.2 Å². The molecule has 28 heavy (non-hydrogen) atoms. The lowest BCUT2D eigenvalue weighted by molar-refractivity contribution is 0.383. The molecular weight excluding hydrogens is 423 g/mol. The maximum atomic E-state index is 12.9. The average Bonchev–Trinajstić information content (AvgIpc) is 3.25. The molecule has 3 heterocycles. The fraction of sp³-hybridized carbons (Fsp3) is 0.222. The Labute approximate surface area is 172 Å². The number of anilines is 1. The van der Waals surface area contributed by atoms with Crippen LogP contribution in [0.3, 0.4) is 0 Å². The SMILES string of the molecule is O=S(=O)(c1cc(Cl)ccc1Cl)N1CCN(c2ccc(-c3ccco3)nn2)CC1. The highest BCUT2D eigenvalue weighted by Crippen LogP contribution is 2.29. The third-order valence-electron chi connectivity index (χ3n) is 4.50. The van der Waals surface area contributed by atoms with Gasteiger partial charge in [-0.25, -0.2) is 8.42 Å². The van der Waals surface area contributed by atoms with Crippen LogP contribution in [-0.2, 0) is 10.0 Å². The average molecular weight is 439 g/mol. The van der Waals surface area contributed by atoms with E-state index < -0.39 is 10.0 Å². The summed E-state index contributed by atoms with van der Waals surface area (Å²) in [5, 5.41) is 8.91. The summed E-state index contributed by atoms with van der Waals surface area (Å²) >= 11 is 12.0. The summed E-state index contributed by atoms with van der Waals surface area (Å²) in [4.78, 5) is 2.02. The van der Waals surface area contributed by atoms with E-state index in [1.54, 1.807) is 18.4 Å². The number of hydrogen-bond donors (Lipinski definition) is 0. The summed E-state index contributed by atoms with van der Waals surface area (Å²) in [6, 6.07) is 11.7. The topological polar surface area (TPSA) is 79.5 Å². The maximum Gasteiger partial charge on any atom is 0.244 e. The van der Waals surface area contributed by atoms with Crippen LogP contribution in [0.2, 0.25) is 10.0 Å². The molecule has 1 aliphatic heterocycles. The molecule has 0 bridgehead atoms. The van der Waals surface area contributed by atoms with Gasteiger partial charge in [0.25, 0.3) is 0 Å². The van der Waals surface area contributed by atoms with Gasteiger partial charge in [-0.1, -0.05) is 23.2 Å². The summed E-state index contributed by atoms with van der Waals surface area (Å²) in [6.07, 6.45) is 1.58. The van der Waals surface area contributed by atoms with Crippen molar-refractivity contribution in [3.05, 3.63) is 58.8 Å². The summed E-state index contributed by atoms with van der Waals surface area (Å²) in [6.45, 7) is 1.61. The number of aromatic nitrogens is 2. The van der Waals surface area contributed by atoms with Crippen molar-refractivity contribution in [2.24, 2.45) is 0 Å². The number of rotatable bonds is 4. The van der Waals surface area contributed by atoms with Crippen molar-refractivity contribution >= 4 is 39.0 Å². The lowest BCUT2D eigenvalue weighted by Crippen LogP contribution is -2.49. The Bertz CT molecular complexity index is 1060. The van der Waals surface area contributed by atoms with Gasteiger partial charge in [0.15, 0.2) is 11.6 Å². The van der Waals surface area contributed by atoms with Crippen LogP contribution in [-0.4, -0.2) is 49.1 Å². The minimum atomic E-state index is -3.72. The van der Waals surface area contributed by atoms with E-state index in [0.717, 1.165) is 0 Å². The lowest BCUT2D eigenvalue weighted by atomic mass is 10.3. The van der Waals surface area contributed by atoms with Crippen molar-refractivity contribution in [2.45, 2.75) is 4.90 Å². The number of nitrogens with zero attached hydrogens (tertiary/aromatic N) is 4. The van der Waals surface area contributed by atoms with Crippen molar-refractivity contribution in [3.8, 4) is 11.5 Å². The van der Waals surface area contributed by atoms with Crippen molar-refractivity contribution in [2.75, 3.05) is 31.1 Å². The van der Waals surface area contributed by atoms with E-state index in [1.165, 1.54) is 16.4 Å². The van der Waals surface area contributed by atoms with Gasteiger partial charge in [0.05, 0.1) is 11.3 Å². The molecular formula is C18H16Cl2N4O3S. The molecule has 4 rings (SSSR count). The van der Waals surface area contributed by atoms with Crippen molar-refractivity contribution in [1.82, 2.24) is 14.5 Å². The number of sulfonamides is 1. The molecule has 1 aromatic carbocycles. The van der Waals surface area contributed by atoms with Gasteiger partial charge in [0.1, 0.15) is 10.6 Å². The van der Waals surface area contributed by atoms with Crippen LogP contribution in [0, 0.1) is 0 Å². The molecule has 0 aliphatic carbocycles. The van der Waals surface area contributed by atoms with Gasteiger partial charge in [-0.15, -0.1) is 10.2 Å². The first-order chi connectivity index (χ1) is 13.4. The largest absolute Gasteiger partial charge is 0.463 e. The van der Waals surface area contributed by atoms with E-state index in [9.17, 15) is 8.42 Å². The Morgan fingerprint density at radius 3 is 2.39 bits per heavy atom. The van der Waals surface area contributed by atoms with Gasteiger partial charge < -0.3 is 9.32 Å². The Balaban J connectivity index is 1.46. The second-order valence-corrected chi connectivity index (χ2v) is 8.97. The van der Waals surface area contributed by atoms with Gasteiger partial charge in [0, 0.05) is 31.2 Å². The van der Waals surface area contributed by atoms with E-state index in [1.807, 2.05) is 23.1 Å². The predicted molar refractivity (Wildman–Crippen MR) is 107 cm³/mol. The molecule has 0 atom stereocenters. The molecule has 1 saturated heterocycles. The molecule has 0 saturated carbocycles. The lowest BCUT2D eigenvalue weighted by Gasteiger charge is -2.34. The standard InChI is InChI=1S/C18H16Cl2N4O3S/c19-13-3-4-14(20)17(12-13)28(25,26)24-9-7-23(8-10-24)18-6-5-15(21-22-18)16-2-1-11-27-16/h1-6,11-12H,7-10H2. The van der Waals surface area contributed by atoms with Crippen LogP contribution in [0.5, 0.6) is 0 Å². The first kappa shape index (κ1) is 19.2. The first-order valence-corrected chi connectivity index (χ1v) is 10.7. The summed E-state index contributed by atoms with van der Waals surface area (Å²) in [7, 11) is -3.72. The molecule has 3 aromatic rings. The van der Waals surface area contributed by atoms with Crippen molar-refractivity contribution in [3.63, 3.8) is 0 Å². The Morgan fingerprint density at radius 1 is 0.964 bits per heavy atom. The number of piperazine rings is 1. The zero-order valence-electron chi connectivity index (χ0n) is 14.6. The number of halogens is 2. The minimum absolute atomic E-state index is 0.0257. The van der Waals surface area contributed by atoms with Crippen LogP contribution in [0.1, 0.15) is 0 Å². The molecule has 10 heteroatoms. The number of hydrogen-bond acceptors (Lipinski definition) is 6. The maximum absolute atomic E-state index is 12.9. The van der Waals surface area contributed by atoms with E-state index in [-0.39, 0.29) is 9.92 Å². The number of furan rings is 1. The van der Waals surface area contributed by atoms with Gasteiger partial charge >= 0.3 is 0 Å². The normalized spacial score (nSPS) is 15.7. The highest BCUT2D eigenvalue weighted by molar-refractivity contribution is 7.89. The van der Waals surface area contributed by atoms with Gasteiger partial charge in [0.2, 0.25) is 10.0 Å². The second-order valence-electron chi connectivity index (χ2n) is 6.22. The van der Waals surface area contributed by atoms with Gasteiger partial charge in [-0.3, -0.25) is 0 Å². The molecule has 0 unspecified atom stereocenters. The Kier molecular flexibility index (Phi) is 5.29. The highest BCUT2D eigenvalue weighted by Gasteiger charge is 2.30. The van der Waals surface area contributed by atoms with Crippen molar-refractivity contribution in [1.29, 1.82) is 0 Å². The second kappa shape index (κ2) is 7.71. The summed E-state index contributed by atoms with van der Waals surface area (Å²) in [5.74, 6) is 1.33. The monoisotopic (exact) mass is 438 g/mol. The summed E-state index contributed by atoms with van der Waals surface area (Å²) < 4.78 is 32.5. The fourth-order valence-electron chi connectivity index (χ4n) is 3.02. The quantitative estimate of drug-likeness (QED) is 0.619. The minimum Gasteiger partial charge on any atom is -0.463 e.